The summed E-state index contributed by atoms with van der Waals surface area (Å²) in [5.41, 5.74) is 3.01. The second-order valence-corrected chi connectivity index (χ2v) is 5.13. The number of phenols is 1. The molecule has 0 amide bonds. The van der Waals surface area contributed by atoms with E-state index >= 15 is 0 Å². The van der Waals surface area contributed by atoms with Crippen LogP contribution >= 0.6 is 0 Å². The molecule has 0 saturated carbocycles. The van der Waals surface area contributed by atoms with Crippen LogP contribution in [0.3, 0.4) is 0 Å². The first-order chi connectivity index (χ1) is 10.1. The van der Waals surface area contributed by atoms with Crippen LogP contribution in [-0.4, -0.2) is 10.9 Å². The Hall–Kier alpha value is -2.55. The molecule has 0 aliphatic heterocycles. The zero-order valence-corrected chi connectivity index (χ0v) is 12.0. The molecule has 1 heterocycles. The lowest BCUT2D eigenvalue weighted by Gasteiger charge is -2.02. The number of aromatic hydroxyl groups is 1. The molecule has 0 radical (unpaired) electrons. The summed E-state index contributed by atoms with van der Waals surface area (Å²) in [6.07, 6.45) is 0.660. The van der Waals surface area contributed by atoms with Gasteiger partial charge in [0.15, 0.2) is 5.78 Å². The number of furan rings is 1. The van der Waals surface area contributed by atoms with Gasteiger partial charge in [-0.25, -0.2) is 0 Å². The number of hydrogen-bond donors (Lipinski definition) is 1. The predicted octanol–water partition coefficient (Wildman–Crippen LogP) is 4.24. The molecule has 0 aliphatic carbocycles. The van der Waals surface area contributed by atoms with Crippen LogP contribution in [0.5, 0.6) is 5.75 Å². The first-order valence-corrected chi connectivity index (χ1v) is 6.96. The molecule has 0 fully saturated rings. The van der Waals surface area contributed by atoms with Gasteiger partial charge >= 0.3 is 0 Å². The molecule has 106 valence electrons. The van der Waals surface area contributed by atoms with Gasteiger partial charge in [-0.2, -0.15) is 0 Å². The van der Waals surface area contributed by atoms with Crippen LogP contribution in [0.1, 0.15) is 34.2 Å². The van der Waals surface area contributed by atoms with E-state index in [4.69, 9.17) is 4.42 Å². The van der Waals surface area contributed by atoms with Crippen molar-refractivity contribution >= 4 is 16.8 Å². The monoisotopic (exact) mass is 280 g/mol. The summed E-state index contributed by atoms with van der Waals surface area (Å²) in [5, 5.41) is 10.2. The molecule has 1 aromatic heterocycles. The van der Waals surface area contributed by atoms with Crippen molar-refractivity contribution in [2.75, 3.05) is 0 Å². The van der Waals surface area contributed by atoms with E-state index in [1.807, 2.05) is 32.0 Å². The quantitative estimate of drug-likeness (QED) is 0.730. The molecule has 1 N–H and O–H groups in total. The molecule has 3 heteroatoms. The van der Waals surface area contributed by atoms with Gasteiger partial charge in [0, 0.05) is 17.4 Å². The van der Waals surface area contributed by atoms with Gasteiger partial charge in [0.2, 0.25) is 0 Å². The Morgan fingerprint density at radius 3 is 2.52 bits per heavy atom. The molecule has 3 nitrogen and oxygen atoms in total. The number of hydrogen-bond acceptors (Lipinski definition) is 3. The van der Waals surface area contributed by atoms with Crippen LogP contribution in [0.4, 0.5) is 0 Å². The van der Waals surface area contributed by atoms with E-state index in [-0.39, 0.29) is 11.5 Å². The molecule has 0 unspecified atom stereocenters. The summed E-state index contributed by atoms with van der Waals surface area (Å²) in [6.45, 7) is 3.97. The van der Waals surface area contributed by atoms with Gasteiger partial charge < -0.3 is 9.52 Å². The fraction of sp³-hybridized carbons (Fsp3) is 0.167. The topological polar surface area (TPSA) is 50.4 Å². The van der Waals surface area contributed by atoms with Crippen LogP contribution < -0.4 is 0 Å². The zero-order chi connectivity index (χ0) is 15.0. The molecule has 0 atom stereocenters. The van der Waals surface area contributed by atoms with E-state index in [0.717, 1.165) is 16.5 Å². The fourth-order valence-corrected chi connectivity index (χ4v) is 2.51. The van der Waals surface area contributed by atoms with Crippen molar-refractivity contribution in [3.63, 3.8) is 0 Å². The lowest BCUT2D eigenvalue weighted by molar-refractivity contribution is 0.103. The number of benzene rings is 2. The molecular weight excluding hydrogens is 264 g/mol. The van der Waals surface area contributed by atoms with Gasteiger partial charge in [-0.1, -0.05) is 19.1 Å². The van der Waals surface area contributed by atoms with Crippen molar-refractivity contribution in [2.45, 2.75) is 20.3 Å². The first kappa shape index (κ1) is 13.4. The Labute approximate surface area is 122 Å². The highest BCUT2D eigenvalue weighted by atomic mass is 16.3. The number of aryl methyl sites for hydroxylation is 2. The Bertz CT molecular complexity index is 810. The molecular formula is C18H16O3. The highest BCUT2D eigenvalue weighted by molar-refractivity contribution is 6.16. The van der Waals surface area contributed by atoms with Crippen molar-refractivity contribution < 1.29 is 14.3 Å². The van der Waals surface area contributed by atoms with Crippen LogP contribution in [0.25, 0.3) is 11.0 Å². The van der Waals surface area contributed by atoms with E-state index in [1.54, 1.807) is 12.1 Å². The van der Waals surface area contributed by atoms with Crippen LogP contribution in [0.2, 0.25) is 0 Å². The Kier molecular flexibility index (Phi) is 3.26. The van der Waals surface area contributed by atoms with Gasteiger partial charge in [-0.05, 0) is 42.8 Å². The van der Waals surface area contributed by atoms with Crippen molar-refractivity contribution in [3.8, 4) is 5.75 Å². The van der Waals surface area contributed by atoms with E-state index in [0.29, 0.717) is 23.3 Å². The highest BCUT2D eigenvalue weighted by Gasteiger charge is 2.21. The lowest BCUT2D eigenvalue weighted by Crippen LogP contribution is -2.03. The number of ketones is 1. The van der Waals surface area contributed by atoms with Crippen molar-refractivity contribution in [1.82, 2.24) is 0 Å². The molecule has 3 aromatic rings. The average molecular weight is 280 g/mol. The van der Waals surface area contributed by atoms with Gasteiger partial charge in [-0.3, -0.25) is 4.79 Å². The molecule has 0 bridgehead atoms. The van der Waals surface area contributed by atoms with Crippen LogP contribution in [0.15, 0.2) is 46.9 Å². The Morgan fingerprint density at radius 1 is 1.14 bits per heavy atom. The fourth-order valence-electron chi connectivity index (χ4n) is 2.51. The maximum Gasteiger partial charge on any atom is 0.197 e. The van der Waals surface area contributed by atoms with Gasteiger partial charge in [0.1, 0.15) is 17.1 Å². The molecule has 21 heavy (non-hydrogen) atoms. The molecule has 2 aromatic carbocycles. The lowest BCUT2D eigenvalue weighted by atomic mass is 9.99. The van der Waals surface area contributed by atoms with E-state index in [9.17, 15) is 9.90 Å². The molecule has 0 saturated heterocycles. The number of fused-ring (bicyclic) bond motifs is 1. The normalized spacial score (nSPS) is 11.0. The molecule has 0 aliphatic rings. The third-order valence-electron chi connectivity index (χ3n) is 3.60. The number of carbonyl (C=O) groups is 1. The predicted molar refractivity (Wildman–Crippen MR) is 81.9 cm³/mol. The SMILES string of the molecule is CCc1oc2cc(C)ccc2c1C(=O)c1ccc(O)cc1. The molecule has 0 spiro atoms. The van der Waals surface area contributed by atoms with E-state index < -0.39 is 0 Å². The Morgan fingerprint density at radius 2 is 1.86 bits per heavy atom. The second-order valence-electron chi connectivity index (χ2n) is 5.13. The summed E-state index contributed by atoms with van der Waals surface area (Å²) < 4.78 is 5.83. The van der Waals surface area contributed by atoms with E-state index in [2.05, 4.69) is 0 Å². The van der Waals surface area contributed by atoms with Crippen LogP contribution in [-0.2, 0) is 6.42 Å². The summed E-state index contributed by atoms with van der Waals surface area (Å²) in [6, 6.07) is 12.2. The maximum absolute atomic E-state index is 12.8. The first-order valence-electron chi connectivity index (χ1n) is 6.96. The maximum atomic E-state index is 12.8. The summed E-state index contributed by atoms with van der Waals surface area (Å²) in [5.74, 6) is 0.776. The minimum absolute atomic E-state index is 0.0746. The van der Waals surface area contributed by atoms with Crippen molar-refractivity contribution in [1.29, 1.82) is 0 Å². The second kappa shape index (κ2) is 5.09. The minimum atomic E-state index is -0.0746. The largest absolute Gasteiger partial charge is 0.508 e. The molecule has 3 rings (SSSR count). The van der Waals surface area contributed by atoms with Crippen molar-refractivity contribution in [3.05, 3.63) is 64.9 Å². The van der Waals surface area contributed by atoms with Gasteiger partial charge in [0.05, 0.1) is 5.56 Å². The van der Waals surface area contributed by atoms with Crippen LogP contribution in [0, 0.1) is 6.92 Å². The minimum Gasteiger partial charge on any atom is -0.508 e. The third-order valence-corrected chi connectivity index (χ3v) is 3.60. The average Bonchev–Trinajstić information content (AvgIpc) is 2.84. The summed E-state index contributed by atoms with van der Waals surface area (Å²) >= 11 is 0. The van der Waals surface area contributed by atoms with Gasteiger partial charge in [-0.15, -0.1) is 0 Å². The van der Waals surface area contributed by atoms with E-state index in [1.165, 1.54) is 12.1 Å². The number of rotatable bonds is 3. The number of phenolic OH excluding ortho intramolecular Hbond substituents is 1. The smallest absolute Gasteiger partial charge is 0.197 e. The van der Waals surface area contributed by atoms with Gasteiger partial charge in [0.25, 0.3) is 0 Å². The summed E-state index contributed by atoms with van der Waals surface area (Å²) in [7, 11) is 0. The zero-order valence-electron chi connectivity index (χ0n) is 12.0. The highest BCUT2D eigenvalue weighted by Crippen LogP contribution is 2.29. The Balaban J connectivity index is 2.18. The van der Waals surface area contributed by atoms with Crippen molar-refractivity contribution in [2.24, 2.45) is 0 Å². The third kappa shape index (κ3) is 2.31. The summed E-state index contributed by atoms with van der Waals surface area (Å²) in [4.78, 5) is 12.8. The standard InChI is InChI=1S/C18H16O3/c1-3-15-17(14-9-4-11(2)10-16(14)21-15)18(20)12-5-7-13(19)8-6-12/h4-10,19H,3H2,1-2H3. The number of carbonyl (C=O) groups excluding carboxylic acids is 1.